The fourth-order valence-corrected chi connectivity index (χ4v) is 2.75. The lowest BCUT2D eigenvalue weighted by molar-refractivity contribution is 0.0922. The van der Waals surface area contributed by atoms with Crippen LogP contribution in [0.1, 0.15) is 48.0 Å². The molecule has 94 valence electrons. The summed E-state index contributed by atoms with van der Waals surface area (Å²) >= 11 is 1.41. The van der Waals surface area contributed by atoms with Gasteiger partial charge < -0.3 is 11.1 Å². The van der Waals surface area contributed by atoms with Crippen LogP contribution in [0.4, 0.5) is 0 Å². The largest absolute Gasteiger partial charge is 0.348 e. The van der Waals surface area contributed by atoms with E-state index in [9.17, 15) is 4.79 Å². The molecule has 1 heterocycles. The van der Waals surface area contributed by atoms with Gasteiger partial charge in [0.05, 0.1) is 0 Å². The molecular weight excluding hydrogens is 234 g/mol. The summed E-state index contributed by atoms with van der Waals surface area (Å²) in [5.41, 5.74) is 6.39. The van der Waals surface area contributed by atoms with Crippen LogP contribution in [0, 0.1) is 0 Å². The maximum absolute atomic E-state index is 11.9. The summed E-state index contributed by atoms with van der Waals surface area (Å²) in [4.78, 5) is 13.1. The SMILES string of the molecule is CCc1cc(C(=O)NC2CCC(N)CC2)ns1. The number of carbonyl (C=O) groups is 1. The second-order valence-corrected chi connectivity index (χ2v) is 5.51. The number of carbonyl (C=O) groups excluding carboxylic acids is 1. The second-order valence-electron chi connectivity index (χ2n) is 4.62. The molecule has 0 aromatic carbocycles. The number of aryl methyl sites for hydroxylation is 1. The summed E-state index contributed by atoms with van der Waals surface area (Å²) in [6.07, 6.45) is 4.91. The van der Waals surface area contributed by atoms with Crippen LogP contribution in [-0.2, 0) is 6.42 Å². The highest BCUT2D eigenvalue weighted by atomic mass is 32.1. The maximum atomic E-state index is 11.9. The van der Waals surface area contributed by atoms with Gasteiger partial charge in [-0.15, -0.1) is 0 Å². The second kappa shape index (κ2) is 5.60. The van der Waals surface area contributed by atoms with Crippen LogP contribution in [0.25, 0.3) is 0 Å². The fourth-order valence-electron chi connectivity index (χ4n) is 2.11. The van der Waals surface area contributed by atoms with Crippen LogP contribution in [-0.4, -0.2) is 22.4 Å². The van der Waals surface area contributed by atoms with Gasteiger partial charge in [0, 0.05) is 17.0 Å². The zero-order chi connectivity index (χ0) is 12.3. The van der Waals surface area contributed by atoms with E-state index in [1.165, 1.54) is 11.5 Å². The number of hydrogen-bond acceptors (Lipinski definition) is 4. The summed E-state index contributed by atoms with van der Waals surface area (Å²) in [6.45, 7) is 2.07. The summed E-state index contributed by atoms with van der Waals surface area (Å²) in [7, 11) is 0. The average molecular weight is 253 g/mol. The van der Waals surface area contributed by atoms with Crippen molar-refractivity contribution in [3.8, 4) is 0 Å². The van der Waals surface area contributed by atoms with Crippen LogP contribution in [0.15, 0.2) is 6.07 Å². The lowest BCUT2D eigenvalue weighted by Crippen LogP contribution is -2.40. The zero-order valence-corrected chi connectivity index (χ0v) is 10.9. The monoisotopic (exact) mass is 253 g/mol. The van der Waals surface area contributed by atoms with Crippen molar-refractivity contribution in [1.82, 2.24) is 9.69 Å². The van der Waals surface area contributed by atoms with Gasteiger partial charge in [0.1, 0.15) is 5.69 Å². The van der Waals surface area contributed by atoms with E-state index in [4.69, 9.17) is 5.73 Å². The van der Waals surface area contributed by atoms with E-state index in [-0.39, 0.29) is 11.9 Å². The number of nitrogens with two attached hydrogens (primary N) is 1. The molecule has 1 saturated carbocycles. The number of aromatic nitrogens is 1. The van der Waals surface area contributed by atoms with Crippen molar-refractivity contribution in [3.05, 3.63) is 16.6 Å². The van der Waals surface area contributed by atoms with Gasteiger partial charge in [-0.05, 0) is 49.7 Å². The quantitative estimate of drug-likeness (QED) is 0.861. The topological polar surface area (TPSA) is 68.0 Å². The predicted molar refractivity (Wildman–Crippen MR) is 69.2 cm³/mol. The van der Waals surface area contributed by atoms with Gasteiger partial charge >= 0.3 is 0 Å². The molecule has 2 rings (SSSR count). The molecule has 5 heteroatoms. The van der Waals surface area contributed by atoms with Crippen LogP contribution in [0.3, 0.4) is 0 Å². The minimum Gasteiger partial charge on any atom is -0.348 e. The van der Waals surface area contributed by atoms with Crippen LogP contribution < -0.4 is 11.1 Å². The van der Waals surface area contributed by atoms with E-state index < -0.39 is 0 Å². The Bertz CT molecular complexity index is 383. The van der Waals surface area contributed by atoms with Crippen molar-refractivity contribution < 1.29 is 4.79 Å². The molecule has 1 aliphatic rings. The number of amides is 1. The first-order valence-corrected chi connectivity index (χ1v) is 6.98. The molecule has 4 nitrogen and oxygen atoms in total. The number of nitrogens with zero attached hydrogens (tertiary/aromatic N) is 1. The van der Waals surface area contributed by atoms with E-state index in [2.05, 4.69) is 16.6 Å². The first-order valence-electron chi connectivity index (χ1n) is 6.21. The number of rotatable bonds is 3. The third kappa shape index (κ3) is 3.26. The molecule has 1 aromatic heterocycles. The van der Waals surface area contributed by atoms with Gasteiger partial charge in [-0.2, -0.15) is 4.37 Å². The van der Waals surface area contributed by atoms with Gasteiger partial charge in [0.2, 0.25) is 0 Å². The Balaban J connectivity index is 1.88. The average Bonchev–Trinajstić information content (AvgIpc) is 2.81. The molecule has 0 saturated heterocycles. The standard InChI is InChI=1S/C12H19N3OS/c1-2-10-7-11(15-17-10)12(16)14-9-5-3-8(13)4-6-9/h7-9H,2-6,13H2,1H3,(H,14,16). The van der Waals surface area contributed by atoms with Crippen LogP contribution in [0.5, 0.6) is 0 Å². The smallest absolute Gasteiger partial charge is 0.271 e. The molecular formula is C12H19N3OS. The molecule has 17 heavy (non-hydrogen) atoms. The Morgan fingerprint density at radius 1 is 1.53 bits per heavy atom. The van der Waals surface area contributed by atoms with Gasteiger partial charge in [0.25, 0.3) is 5.91 Å². The van der Waals surface area contributed by atoms with E-state index in [0.717, 1.165) is 37.0 Å². The molecule has 1 amide bonds. The first-order chi connectivity index (χ1) is 8.19. The lowest BCUT2D eigenvalue weighted by Gasteiger charge is -2.26. The molecule has 0 bridgehead atoms. The number of nitrogens with one attached hydrogen (secondary N) is 1. The van der Waals surface area contributed by atoms with Gasteiger partial charge in [0.15, 0.2) is 0 Å². The van der Waals surface area contributed by atoms with Crippen LogP contribution in [0.2, 0.25) is 0 Å². The van der Waals surface area contributed by atoms with Gasteiger partial charge in [-0.25, -0.2) is 0 Å². The molecule has 3 N–H and O–H groups in total. The third-order valence-corrected chi connectivity index (χ3v) is 4.18. The van der Waals surface area contributed by atoms with Crippen molar-refractivity contribution in [1.29, 1.82) is 0 Å². The minimum atomic E-state index is -0.0404. The molecule has 0 atom stereocenters. The molecule has 0 radical (unpaired) electrons. The maximum Gasteiger partial charge on any atom is 0.271 e. The predicted octanol–water partition coefficient (Wildman–Crippen LogP) is 1.71. The highest BCUT2D eigenvalue weighted by molar-refractivity contribution is 7.05. The molecule has 1 aliphatic carbocycles. The van der Waals surface area contributed by atoms with Crippen molar-refractivity contribution in [2.45, 2.75) is 51.1 Å². The van der Waals surface area contributed by atoms with Gasteiger partial charge in [-0.3, -0.25) is 4.79 Å². The van der Waals surface area contributed by atoms with Crippen molar-refractivity contribution >= 4 is 17.4 Å². The zero-order valence-electron chi connectivity index (χ0n) is 10.1. The third-order valence-electron chi connectivity index (χ3n) is 3.25. The molecule has 1 aromatic rings. The Morgan fingerprint density at radius 2 is 2.24 bits per heavy atom. The van der Waals surface area contributed by atoms with E-state index in [0.29, 0.717) is 11.7 Å². The Labute approximate surface area is 106 Å². The van der Waals surface area contributed by atoms with Crippen molar-refractivity contribution in [2.75, 3.05) is 0 Å². The fraction of sp³-hybridized carbons (Fsp3) is 0.667. The summed E-state index contributed by atoms with van der Waals surface area (Å²) < 4.78 is 4.17. The summed E-state index contributed by atoms with van der Waals surface area (Å²) in [5.74, 6) is -0.0404. The van der Waals surface area contributed by atoms with Crippen molar-refractivity contribution in [2.24, 2.45) is 5.73 Å². The molecule has 0 unspecified atom stereocenters. The molecule has 0 spiro atoms. The molecule has 1 fully saturated rings. The Hall–Kier alpha value is -0.940. The highest BCUT2D eigenvalue weighted by Gasteiger charge is 2.21. The van der Waals surface area contributed by atoms with E-state index in [1.807, 2.05) is 6.07 Å². The Morgan fingerprint density at radius 3 is 2.82 bits per heavy atom. The number of hydrogen-bond donors (Lipinski definition) is 2. The molecule has 0 aliphatic heterocycles. The lowest BCUT2D eigenvalue weighted by atomic mass is 9.92. The summed E-state index contributed by atoms with van der Waals surface area (Å²) in [5, 5.41) is 3.04. The van der Waals surface area contributed by atoms with Crippen molar-refractivity contribution in [3.63, 3.8) is 0 Å². The highest BCUT2D eigenvalue weighted by Crippen LogP contribution is 2.18. The van der Waals surface area contributed by atoms with E-state index in [1.54, 1.807) is 0 Å². The van der Waals surface area contributed by atoms with Gasteiger partial charge in [-0.1, -0.05) is 6.92 Å². The van der Waals surface area contributed by atoms with E-state index >= 15 is 0 Å². The van der Waals surface area contributed by atoms with Crippen LogP contribution >= 0.6 is 11.5 Å². The summed E-state index contributed by atoms with van der Waals surface area (Å²) in [6, 6.07) is 2.47. The first kappa shape index (κ1) is 12.5. The minimum absolute atomic E-state index is 0.0404. The normalized spacial score (nSPS) is 24.6. The Kier molecular flexibility index (Phi) is 4.12.